The quantitative estimate of drug-likeness (QED) is 0.519. The molecular formula is C21H19BrO3. The Bertz CT molecular complexity index is 904. The predicted molar refractivity (Wildman–Crippen MR) is 103 cm³/mol. The number of carbonyl (C=O) groups is 1. The molecule has 0 N–H and O–H groups in total. The summed E-state index contributed by atoms with van der Waals surface area (Å²) >= 11 is 3.61. The number of carbonyl (C=O) groups excluding carboxylic acids is 1. The number of ether oxygens (including phenoxy) is 2. The van der Waals surface area contributed by atoms with E-state index >= 15 is 0 Å². The first kappa shape index (κ1) is 17.5. The first-order valence-corrected chi connectivity index (χ1v) is 8.97. The highest BCUT2D eigenvalue weighted by molar-refractivity contribution is 9.10. The van der Waals surface area contributed by atoms with Crippen molar-refractivity contribution in [2.24, 2.45) is 0 Å². The number of halogens is 1. The minimum absolute atomic E-state index is 0.313. The van der Waals surface area contributed by atoms with Crippen LogP contribution < -0.4 is 4.74 Å². The van der Waals surface area contributed by atoms with Gasteiger partial charge in [-0.2, -0.15) is 0 Å². The molecule has 0 bridgehead atoms. The van der Waals surface area contributed by atoms with Gasteiger partial charge in [-0.1, -0.05) is 54.6 Å². The Balaban J connectivity index is 2.09. The van der Waals surface area contributed by atoms with Gasteiger partial charge in [0.05, 0.1) is 16.6 Å². The third kappa shape index (κ3) is 3.54. The van der Waals surface area contributed by atoms with Crippen LogP contribution in [0.1, 0.15) is 28.4 Å². The van der Waals surface area contributed by atoms with Gasteiger partial charge in [-0.25, -0.2) is 4.79 Å². The van der Waals surface area contributed by atoms with E-state index in [0.717, 1.165) is 32.1 Å². The molecule has 4 heteroatoms. The number of esters is 1. The van der Waals surface area contributed by atoms with Crippen molar-refractivity contribution in [3.05, 3.63) is 75.8 Å². The molecule has 0 aromatic heterocycles. The monoisotopic (exact) mass is 398 g/mol. The highest BCUT2D eigenvalue weighted by Gasteiger charge is 2.21. The fourth-order valence-electron chi connectivity index (χ4n) is 2.84. The summed E-state index contributed by atoms with van der Waals surface area (Å²) in [6, 6.07) is 17.7. The zero-order valence-electron chi connectivity index (χ0n) is 14.2. The van der Waals surface area contributed by atoms with Crippen molar-refractivity contribution >= 4 is 32.7 Å². The summed E-state index contributed by atoms with van der Waals surface area (Å²) in [5.74, 6) is 0.427. The lowest BCUT2D eigenvalue weighted by atomic mass is 9.98. The van der Waals surface area contributed by atoms with Crippen molar-refractivity contribution < 1.29 is 14.3 Å². The van der Waals surface area contributed by atoms with Gasteiger partial charge < -0.3 is 9.47 Å². The van der Waals surface area contributed by atoms with Crippen LogP contribution in [-0.4, -0.2) is 12.6 Å². The van der Waals surface area contributed by atoms with Gasteiger partial charge in [0.2, 0.25) is 0 Å². The van der Waals surface area contributed by atoms with Crippen molar-refractivity contribution in [2.75, 3.05) is 6.61 Å². The molecule has 0 aliphatic heterocycles. The van der Waals surface area contributed by atoms with Crippen molar-refractivity contribution in [2.45, 2.75) is 20.5 Å². The van der Waals surface area contributed by atoms with Gasteiger partial charge in [0.25, 0.3) is 0 Å². The average Bonchev–Trinajstić information content (AvgIpc) is 2.63. The first-order chi connectivity index (χ1) is 12.1. The highest BCUT2D eigenvalue weighted by Crippen LogP contribution is 2.40. The van der Waals surface area contributed by atoms with Crippen LogP contribution in [0, 0.1) is 6.92 Å². The second-order valence-corrected chi connectivity index (χ2v) is 6.48. The molecule has 128 valence electrons. The summed E-state index contributed by atoms with van der Waals surface area (Å²) in [7, 11) is 0. The number of benzene rings is 3. The summed E-state index contributed by atoms with van der Waals surface area (Å²) < 4.78 is 12.1. The van der Waals surface area contributed by atoms with E-state index < -0.39 is 0 Å². The molecule has 0 unspecified atom stereocenters. The number of hydrogen-bond acceptors (Lipinski definition) is 3. The molecule has 0 saturated carbocycles. The van der Waals surface area contributed by atoms with Crippen LogP contribution in [0.25, 0.3) is 10.8 Å². The van der Waals surface area contributed by atoms with E-state index in [0.29, 0.717) is 18.8 Å². The topological polar surface area (TPSA) is 35.5 Å². The Hall–Kier alpha value is -2.33. The number of hydrogen-bond donors (Lipinski definition) is 0. The van der Waals surface area contributed by atoms with Crippen LogP contribution >= 0.6 is 15.9 Å². The number of rotatable bonds is 5. The van der Waals surface area contributed by atoms with Gasteiger partial charge >= 0.3 is 5.97 Å². The predicted octanol–water partition coefficient (Wildman–Crippen LogP) is 5.67. The number of fused-ring (bicyclic) bond motifs is 1. The Kier molecular flexibility index (Phi) is 5.39. The van der Waals surface area contributed by atoms with Crippen LogP contribution in [0.2, 0.25) is 0 Å². The molecule has 0 aliphatic carbocycles. The molecule has 0 aliphatic rings. The van der Waals surface area contributed by atoms with Crippen molar-refractivity contribution in [3.8, 4) is 5.75 Å². The van der Waals surface area contributed by atoms with Crippen LogP contribution in [0.5, 0.6) is 5.75 Å². The fraction of sp³-hybridized carbons (Fsp3) is 0.190. The highest BCUT2D eigenvalue weighted by atomic mass is 79.9. The van der Waals surface area contributed by atoms with Crippen molar-refractivity contribution in [1.29, 1.82) is 0 Å². The lowest BCUT2D eigenvalue weighted by Crippen LogP contribution is -2.09. The van der Waals surface area contributed by atoms with Gasteiger partial charge in [0.15, 0.2) is 0 Å². The Morgan fingerprint density at radius 2 is 1.64 bits per heavy atom. The Morgan fingerprint density at radius 1 is 1.00 bits per heavy atom. The molecule has 3 aromatic carbocycles. The smallest absolute Gasteiger partial charge is 0.339 e. The standard InChI is InChI=1S/C21H19BrO3/c1-3-24-21(23)18-14(2)19(22)20(17-12-8-7-11-16(17)18)25-13-15-9-5-4-6-10-15/h4-12H,3,13H2,1-2H3. The summed E-state index contributed by atoms with van der Waals surface area (Å²) in [5.41, 5.74) is 2.49. The second kappa shape index (κ2) is 7.70. The van der Waals surface area contributed by atoms with E-state index in [1.807, 2.05) is 68.4 Å². The van der Waals surface area contributed by atoms with Crippen LogP contribution in [0.3, 0.4) is 0 Å². The van der Waals surface area contributed by atoms with Crippen molar-refractivity contribution in [1.82, 2.24) is 0 Å². The van der Waals surface area contributed by atoms with Gasteiger partial charge in [-0.05, 0) is 40.9 Å². The molecule has 0 radical (unpaired) electrons. The summed E-state index contributed by atoms with van der Waals surface area (Å²) in [4.78, 5) is 12.4. The Morgan fingerprint density at radius 3 is 2.32 bits per heavy atom. The van der Waals surface area contributed by atoms with Gasteiger partial charge in [0.1, 0.15) is 12.4 Å². The summed E-state index contributed by atoms with van der Waals surface area (Å²) in [6.45, 7) is 4.51. The fourth-order valence-corrected chi connectivity index (χ4v) is 3.36. The molecule has 0 atom stereocenters. The molecule has 0 amide bonds. The maximum absolute atomic E-state index is 12.4. The molecule has 3 nitrogen and oxygen atoms in total. The minimum Gasteiger partial charge on any atom is -0.487 e. The molecule has 3 rings (SSSR count). The lowest BCUT2D eigenvalue weighted by Gasteiger charge is -2.17. The molecule has 0 spiro atoms. The van der Waals surface area contributed by atoms with Crippen LogP contribution in [-0.2, 0) is 11.3 Å². The van der Waals surface area contributed by atoms with Gasteiger partial charge in [-0.3, -0.25) is 0 Å². The van der Waals surface area contributed by atoms with E-state index in [2.05, 4.69) is 15.9 Å². The van der Waals surface area contributed by atoms with Gasteiger partial charge in [0, 0.05) is 10.8 Å². The van der Waals surface area contributed by atoms with Crippen LogP contribution in [0.4, 0.5) is 0 Å². The van der Waals surface area contributed by atoms with E-state index in [-0.39, 0.29) is 5.97 Å². The maximum Gasteiger partial charge on any atom is 0.339 e. The van der Waals surface area contributed by atoms with E-state index in [9.17, 15) is 4.79 Å². The lowest BCUT2D eigenvalue weighted by molar-refractivity contribution is 0.0528. The zero-order valence-corrected chi connectivity index (χ0v) is 15.8. The van der Waals surface area contributed by atoms with E-state index in [1.165, 1.54) is 0 Å². The molecule has 3 aromatic rings. The van der Waals surface area contributed by atoms with Crippen LogP contribution in [0.15, 0.2) is 59.1 Å². The molecular weight excluding hydrogens is 380 g/mol. The van der Waals surface area contributed by atoms with E-state index in [1.54, 1.807) is 0 Å². The zero-order chi connectivity index (χ0) is 17.8. The minimum atomic E-state index is -0.313. The van der Waals surface area contributed by atoms with E-state index in [4.69, 9.17) is 9.47 Å². The maximum atomic E-state index is 12.4. The third-order valence-corrected chi connectivity index (χ3v) is 5.01. The summed E-state index contributed by atoms with van der Waals surface area (Å²) in [6.07, 6.45) is 0. The second-order valence-electron chi connectivity index (χ2n) is 5.68. The molecule has 0 fully saturated rings. The largest absolute Gasteiger partial charge is 0.487 e. The average molecular weight is 399 g/mol. The molecule has 0 saturated heterocycles. The molecule has 25 heavy (non-hydrogen) atoms. The normalized spacial score (nSPS) is 10.7. The summed E-state index contributed by atoms with van der Waals surface area (Å²) in [5, 5.41) is 1.73. The Labute approximate surface area is 155 Å². The van der Waals surface area contributed by atoms with Crippen molar-refractivity contribution in [3.63, 3.8) is 0 Å². The third-order valence-electron chi connectivity index (χ3n) is 4.05. The van der Waals surface area contributed by atoms with Gasteiger partial charge in [-0.15, -0.1) is 0 Å². The first-order valence-electron chi connectivity index (χ1n) is 8.18. The SMILES string of the molecule is CCOC(=O)c1c(C)c(Br)c(OCc2ccccc2)c2ccccc12. The molecule has 0 heterocycles.